The molecule has 1 unspecified atom stereocenters. The predicted molar refractivity (Wildman–Crippen MR) is 59.7 cm³/mol. The third-order valence-corrected chi connectivity index (χ3v) is 2.11. The molecule has 1 atom stereocenters. The van der Waals surface area contributed by atoms with E-state index in [1.807, 2.05) is 6.92 Å². The summed E-state index contributed by atoms with van der Waals surface area (Å²) in [4.78, 5) is 11.1. The fourth-order valence-electron chi connectivity index (χ4n) is 1.29. The van der Waals surface area contributed by atoms with E-state index in [4.69, 9.17) is 5.11 Å². The summed E-state index contributed by atoms with van der Waals surface area (Å²) in [7, 11) is 0. The van der Waals surface area contributed by atoms with Gasteiger partial charge in [-0.15, -0.1) is 0 Å². The summed E-state index contributed by atoms with van der Waals surface area (Å²) in [5.41, 5.74) is 0. The minimum Gasteiger partial charge on any atom is -0.447 e. The van der Waals surface area contributed by atoms with Gasteiger partial charge in [-0.25, -0.2) is 4.79 Å². The van der Waals surface area contributed by atoms with Crippen LogP contribution in [0.3, 0.4) is 0 Å². The number of alkyl carbamates (subject to hydrolysis) is 1. The zero-order valence-corrected chi connectivity index (χ0v) is 9.95. The quantitative estimate of drug-likeness (QED) is 0.685. The first kappa shape index (κ1) is 14.2. The van der Waals surface area contributed by atoms with Crippen LogP contribution in [0.15, 0.2) is 0 Å². The first-order chi connectivity index (χ1) is 7.06. The zero-order chi connectivity index (χ0) is 11.7. The zero-order valence-electron chi connectivity index (χ0n) is 9.95. The second kappa shape index (κ2) is 8.53. The molecule has 0 aliphatic rings. The van der Waals surface area contributed by atoms with Gasteiger partial charge in [-0.1, -0.05) is 26.7 Å². The van der Waals surface area contributed by atoms with E-state index < -0.39 is 6.09 Å². The van der Waals surface area contributed by atoms with Gasteiger partial charge in [0, 0.05) is 6.04 Å². The first-order valence-electron chi connectivity index (χ1n) is 5.60. The van der Waals surface area contributed by atoms with E-state index in [-0.39, 0.29) is 19.3 Å². The number of rotatable bonds is 7. The van der Waals surface area contributed by atoms with Crippen LogP contribution in [0.1, 0.15) is 40.0 Å². The van der Waals surface area contributed by atoms with Crippen LogP contribution in [0.5, 0.6) is 0 Å². The summed E-state index contributed by atoms with van der Waals surface area (Å²) in [6.07, 6.45) is 2.81. The minimum absolute atomic E-state index is 0.0601. The maximum Gasteiger partial charge on any atom is 0.407 e. The van der Waals surface area contributed by atoms with Crippen molar-refractivity contribution in [1.82, 2.24) is 5.32 Å². The second-order valence-electron chi connectivity index (χ2n) is 4.23. The Hall–Kier alpha value is -0.770. The average Bonchev–Trinajstić information content (AvgIpc) is 2.14. The molecule has 2 N–H and O–H groups in total. The molecular weight excluding hydrogens is 194 g/mol. The van der Waals surface area contributed by atoms with Gasteiger partial charge in [-0.2, -0.15) is 0 Å². The summed E-state index contributed by atoms with van der Waals surface area (Å²) in [5.74, 6) is 0.707. The Bertz CT molecular complexity index is 171. The van der Waals surface area contributed by atoms with E-state index in [1.54, 1.807) is 0 Å². The molecule has 0 bridgehead atoms. The SMILES string of the molecule is CC(C)CCCC(C)NC(=O)OCCO. The highest BCUT2D eigenvalue weighted by molar-refractivity contribution is 5.67. The van der Waals surface area contributed by atoms with Gasteiger partial charge < -0.3 is 15.2 Å². The molecule has 90 valence electrons. The second-order valence-corrected chi connectivity index (χ2v) is 4.23. The summed E-state index contributed by atoms with van der Waals surface area (Å²) in [5, 5.41) is 11.2. The van der Waals surface area contributed by atoms with Crippen LogP contribution in [0.25, 0.3) is 0 Å². The molecule has 0 aromatic heterocycles. The fourth-order valence-corrected chi connectivity index (χ4v) is 1.29. The van der Waals surface area contributed by atoms with Crippen molar-refractivity contribution >= 4 is 6.09 Å². The monoisotopic (exact) mass is 217 g/mol. The van der Waals surface area contributed by atoms with E-state index in [2.05, 4.69) is 23.9 Å². The van der Waals surface area contributed by atoms with E-state index in [0.717, 1.165) is 12.8 Å². The number of ether oxygens (including phenoxy) is 1. The first-order valence-corrected chi connectivity index (χ1v) is 5.60. The molecule has 0 saturated heterocycles. The summed E-state index contributed by atoms with van der Waals surface area (Å²) in [6.45, 7) is 6.27. The van der Waals surface area contributed by atoms with Gasteiger partial charge in [0.15, 0.2) is 0 Å². The van der Waals surface area contributed by atoms with Crippen molar-refractivity contribution in [2.24, 2.45) is 5.92 Å². The Balaban J connectivity index is 3.46. The van der Waals surface area contributed by atoms with Crippen molar-refractivity contribution in [2.75, 3.05) is 13.2 Å². The van der Waals surface area contributed by atoms with Gasteiger partial charge >= 0.3 is 6.09 Å². The van der Waals surface area contributed by atoms with Crippen LogP contribution in [0, 0.1) is 5.92 Å². The van der Waals surface area contributed by atoms with Gasteiger partial charge in [0.2, 0.25) is 0 Å². The lowest BCUT2D eigenvalue weighted by Crippen LogP contribution is -2.33. The van der Waals surface area contributed by atoms with Crippen LogP contribution in [0.4, 0.5) is 4.79 Å². The third kappa shape index (κ3) is 9.53. The van der Waals surface area contributed by atoms with Crippen LogP contribution < -0.4 is 5.32 Å². The molecular formula is C11H23NO3. The number of amides is 1. The highest BCUT2D eigenvalue weighted by Crippen LogP contribution is 2.08. The number of nitrogens with one attached hydrogen (secondary N) is 1. The molecule has 0 radical (unpaired) electrons. The molecule has 4 nitrogen and oxygen atoms in total. The fraction of sp³-hybridized carbons (Fsp3) is 0.909. The Morgan fingerprint density at radius 2 is 2.00 bits per heavy atom. The molecule has 0 aliphatic heterocycles. The van der Waals surface area contributed by atoms with Crippen molar-refractivity contribution in [3.05, 3.63) is 0 Å². The summed E-state index contributed by atoms with van der Waals surface area (Å²) in [6, 6.07) is 0.134. The molecule has 0 aliphatic carbocycles. The molecule has 0 rings (SSSR count). The predicted octanol–water partition coefficient (Wildman–Crippen LogP) is 1.92. The molecule has 0 heterocycles. The van der Waals surface area contributed by atoms with Crippen molar-refractivity contribution < 1.29 is 14.6 Å². The highest BCUT2D eigenvalue weighted by atomic mass is 16.6. The van der Waals surface area contributed by atoms with Crippen molar-refractivity contribution in [3.8, 4) is 0 Å². The van der Waals surface area contributed by atoms with Crippen molar-refractivity contribution in [2.45, 2.75) is 46.1 Å². The standard InChI is InChI=1S/C11H23NO3/c1-9(2)5-4-6-10(3)12-11(14)15-8-7-13/h9-10,13H,4-8H2,1-3H3,(H,12,14). The number of hydrogen-bond acceptors (Lipinski definition) is 3. The van der Waals surface area contributed by atoms with Crippen molar-refractivity contribution in [1.29, 1.82) is 0 Å². The van der Waals surface area contributed by atoms with Crippen LogP contribution >= 0.6 is 0 Å². The van der Waals surface area contributed by atoms with E-state index in [9.17, 15) is 4.79 Å². The number of aliphatic hydroxyl groups is 1. The molecule has 4 heteroatoms. The van der Waals surface area contributed by atoms with Gasteiger partial charge in [0.1, 0.15) is 6.61 Å². The Kier molecular flexibility index (Phi) is 8.09. The van der Waals surface area contributed by atoms with Gasteiger partial charge in [0.05, 0.1) is 6.61 Å². The molecule has 0 fully saturated rings. The van der Waals surface area contributed by atoms with Crippen molar-refractivity contribution in [3.63, 3.8) is 0 Å². The minimum atomic E-state index is -0.443. The third-order valence-electron chi connectivity index (χ3n) is 2.11. The number of carbonyl (C=O) groups excluding carboxylic acids is 1. The van der Waals surface area contributed by atoms with Crippen LogP contribution in [-0.4, -0.2) is 30.5 Å². The van der Waals surface area contributed by atoms with Gasteiger partial charge in [-0.05, 0) is 19.3 Å². The van der Waals surface area contributed by atoms with E-state index in [0.29, 0.717) is 5.92 Å². The van der Waals surface area contributed by atoms with Crippen LogP contribution in [-0.2, 0) is 4.74 Å². The molecule has 0 aromatic rings. The number of carbonyl (C=O) groups is 1. The molecule has 0 spiro atoms. The lowest BCUT2D eigenvalue weighted by molar-refractivity contribution is 0.116. The molecule has 0 saturated carbocycles. The topological polar surface area (TPSA) is 58.6 Å². The van der Waals surface area contributed by atoms with E-state index in [1.165, 1.54) is 6.42 Å². The Morgan fingerprint density at radius 3 is 2.53 bits per heavy atom. The Morgan fingerprint density at radius 1 is 1.33 bits per heavy atom. The summed E-state index contributed by atoms with van der Waals surface area (Å²) < 4.78 is 4.69. The average molecular weight is 217 g/mol. The Labute approximate surface area is 92.0 Å². The lowest BCUT2D eigenvalue weighted by atomic mass is 10.0. The van der Waals surface area contributed by atoms with Gasteiger partial charge in [0.25, 0.3) is 0 Å². The smallest absolute Gasteiger partial charge is 0.407 e. The highest BCUT2D eigenvalue weighted by Gasteiger charge is 2.07. The maximum atomic E-state index is 11.1. The molecule has 1 amide bonds. The van der Waals surface area contributed by atoms with Crippen LogP contribution in [0.2, 0.25) is 0 Å². The number of aliphatic hydroxyl groups excluding tert-OH is 1. The van der Waals surface area contributed by atoms with E-state index >= 15 is 0 Å². The summed E-state index contributed by atoms with van der Waals surface area (Å²) >= 11 is 0. The largest absolute Gasteiger partial charge is 0.447 e. The molecule has 15 heavy (non-hydrogen) atoms. The number of hydrogen-bond donors (Lipinski definition) is 2. The molecule has 0 aromatic carbocycles. The van der Waals surface area contributed by atoms with Gasteiger partial charge in [-0.3, -0.25) is 0 Å². The lowest BCUT2D eigenvalue weighted by Gasteiger charge is -2.14. The maximum absolute atomic E-state index is 11.1. The normalized spacial score (nSPS) is 12.6.